The standard InChI is InChI=1S/C14H24O4/c1-6-7-8-18-14(17)12(10(4)5)11(9(2)3)13(15)16/h9-10H,6-8H2,1-5H3,(H,15,16)/b12-11-. The number of unbranched alkanes of at least 4 members (excludes halogenated alkanes) is 1. The predicted octanol–water partition coefficient (Wildman–Crippen LogP) is 3.02. The zero-order valence-corrected chi connectivity index (χ0v) is 11.9. The monoisotopic (exact) mass is 256 g/mol. The molecular formula is C14H24O4. The third kappa shape index (κ3) is 4.90. The third-order valence-electron chi connectivity index (χ3n) is 2.63. The molecule has 0 aromatic heterocycles. The Morgan fingerprint density at radius 2 is 1.56 bits per heavy atom. The van der Waals surface area contributed by atoms with E-state index in [1.165, 1.54) is 0 Å². The van der Waals surface area contributed by atoms with Crippen molar-refractivity contribution < 1.29 is 19.4 Å². The molecule has 0 saturated heterocycles. The molecule has 0 radical (unpaired) electrons. The number of aliphatic carboxylic acids is 1. The smallest absolute Gasteiger partial charge is 0.334 e. The lowest BCUT2D eigenvalue weighted by molar-refractivity contribution is -0.141. The van der Waals surface area contributed by atoms with Gasteiger partial charge in [-0.25, -0.2) is 9.59 Å². The van der Waals surface area contributed by atoms with Crippen molar-refractivity contribution in [1.82, 2.24) is 0 Å². The van der Waals surface area contributed by atoms with Crippen molar-refractivity contribution in [2.24, 2.45) is 11.8 Å². The van der Waals surface area contributed by atoms with Gasteiger partial charge in [0, 0.05) is 0 Å². The van der Waals surface area contributed by atoms with Gasteiger partial charge in [0.1, 0.15) is 0 Å². The van der Waals surface area contributed by atoms with E-state index in [1.54, 1.807) is 13.8 Å². The van der Waals surface area contributed by atoms with Crippen LogP contribution in [0.3, 0.4) is 0 Å². The van der Waals surface area contributed by atoms with Crippen LogP contribution in [0.15, 0.2) is 11.1 Å². The van der Waals surface area contributed by atoms with E-state index >= 15 is 0 Å². The van der Waals surface area contributed by atoms with Crippen LogP contribution < -0.4 is 0 Å². The lowest BCUT2D eigenvalue weighted by atomic mass is 9.90. The number of carboxylic acids is 1. The SMILES string of the molecule is CCCCOC(=O)/C(=C(\C(=O)O)C(C)C)C(C)C. The zero-order chi connectivity index (χ0) is 14.3. The maximum atomic E-state index is 12.0. The highest BCUT2D eigenvalue weighted by Crippen LogP contribution is 2.23. The Morgan fingerprint density at radius 3 is 1.89 bits per heavy atom. The molecule has 0 amide bonds. The molecule has 0 spiro atoms. The van der Waals surface area contributed by atoms with Gasteiger partial charge < -0.3 is 9.84 Å². The molecule has 0 fully saturated rings. The molecule has 0 aromatic rings. The first-order chi connectivity index (χ1) is 8.32. The van der Waals surface area contributed by atoms with Crippen molar-refractivity contribution in [3.63, 3.8) is 0 Å². The van der Waals surface area contributed by atoms with Crippen LogP contribution in [-0.2, 0) is 14.3 Å². The van der Waals surface area contributed by atoms with Crippen LogP contribution in [0.25, 0.3) is 0 Å². The highest BCUT2D eigenvalue weighted by molar-refractivity contribution is 6.00. The number of hydrogen-bond acceptors (Lipinski definition) is 3. The molecule has 0 unspecified atom stereocenters. The van der Waals surface area contributed by atoms with Crippen molar-refractivity contribution in [2.45, 2.75) is 47.5 Å². The molecule has 0 aliphatic carbocycles. The van der Waals surface area contributed by atoms with Gasteiger partial charge >= 0.3 is 11.9 Å². The lowest BCUT2D eigenvalue weighted by Gasteiger charge is -2.17. The summed E-state index contributed by atoms with van der Waals surface area (Å²) < 4.78 is 5.13. The van der Waals surface area contributed by atoms with E-state index in [0.29, 0.717) is 6.61 Å². The average molecular weight is 256 g/mol. The fourth-order valence-corrected chi connectivity index (χ4v) is 1.72. The summed E-state index contributed by atoms with van der Waals surface area (Å²) in [6.07, 6.45) is 1.73. The van der Waals surface area contributed by atoms with Crippen LogP contribution in [0.4, 0.5) is 0 Å². The fourth-order valence-electron chi connectivity index (χ4n) is 1.72. The molecule has 0 heterocycles. The van der Waals surface area contributed by atoms with E-state index in [-0.39, 0.29) is 23.0 Å². The summed E-state index contributed by atoms with van der Waals surface area (Å²) in [5.74, 6) is -1.91. The van der Waals surface area contributed by atoms with Crippen LogP contribution in [-0.4, -0.2) is 23.7 Å². The summed E-state index contributed by atoms with van der Waals surface area (Å²) in [6.45, 7) is 9.50. The molecule has 0 bridgehead atoms. The van der Waals surface area contributed by atoms with Crippen LogP contribution in [0.2, 0.25) is 0 Å². The van der Waals surface area contributed by atoms with E-state index in [1.807, 2.05) is 20.8 Å². The van der Waals surface area contributed by atoms with Crippen LogP contribution in [0.5, 0.6) is 0 Å². The molecule has 0 rings (SSSR count). The fraction of sp³-hybridized carbons (Fsp3) is 0.714. The Kier molecular flexibility index (Phi) is 7.32. The largest absolute Gasteiger partial charge is 0.478 e. The molecule has 0 aromatic carbocycles. The van der Waals surface area contributed by atoms with Crippen LogP contribution in [0.1, 0.15) is 47.5 Å². The van der Waals surface area contributed by atoms with Gasteiger partial charge in [-0.15, -0.1) is 0 Å². The van der Waals surface area contributed by atoms with Gasteiger partial charge in [-0.3, -0.25) is 0 Å². The van der Waals surface area contributed by atoms with E-state index in [4.69, 9.17) is 4.74 Å². The van der Waals surface area contributed by atoms with Gasteiger partial charge in [0.25, 0.3) is 0 Å². The number of carbonyl (C=O) groups excluding carboxylic acids is 1. The predicted molar refractivity (Wildman–Crippen MR) is 70.2 cm³/mol. The molecule has 104 valence electrons. The average Bonchev–Trinajstić information content (AvgIpc) is 2.24. The van der Waals surface area contributed by atoms with Crippen molar-refractivity contribution >= 4 is 11.9 Å². The number of rotatable bonds is 7. The molecule has 1 N–H and O–H groups in total. The maximum Gasteiger partial charge on any atom is 0.334 e. The van der Waals surface area contributed by atoms with E-state index < -0.39 is 11.9 Å². The van der Waals surface area contributed by atoms with Crippen molar-refractivity contribution in [3.05, 3.63) is 11.1 Å². The van der Waals surface area contributed by atoms with Gasteiger partial charge in [-0.2, -0.15) is 0 Å². The molecule has 0 atom stereocenters. The number of carboxylic acid groups (broad SMARTS) is 1. The first-order valence-corrected chi connectivity index (χ1v) is 6.47. The number of ether oxygens (including phenoxy) is 1. The van der Waals surface area contributed by atoms with Crippen molar-refractivity contribution in [3.8, 4) is 0 Å². The van der Waals surface area contributed by atoms with E-state index in [0.717, 1.165) is 12.8 Å². The number of esters is 1. The van der Waals surface area contributed by atoms with Crippen LogP contribution >= 0.6 is 0 Å². The molecule has 0 saturated carbocycles. The highest BCUT2D eigenvalue weighted by Gasteiger charge is 2.26. The summed E-state index contributed by atoms with van der Waals surface area (Å²) in [4.78, 5) is 23.2. The Labute approximate surface area is 109 Å². The summed E-state index contributed by atoms with van der Waals surface area (Å²) in [7, 11) is 0. The molecule has 0 aliphatic rings. The minimum Gasteiger partial charge on any atom is -0.478 e. The normalized spacial score (nSPS) is 12.6. The van der Waals surface area contributed by atoms with E-state index in [2.05, 4.69) is 0 Å². The second-order valence-corrected chi connectivity index (χ2v) is 4.93. The topological polar surface area (TPSA) is 63.6 Å². The second kappa shape index (κ2) is 7.90. The molecule has 4 nitrogen and oxygen atoms in total. The van der Waals surface area contributed by atoms with Crippen molar-refractivity contribution in [2.75, 3.05) is 6.61 Å². The quantitative estimate of drug-likeness (QED) is 0.432. The minimum absolute atomic E-state index is 0.159. The summed E-state index contributed by atoms with van der Waals surface area (Å²) in [5, 5.41) is 9.22. The summed E-state index contributed by atoms with van der Waals surface area (Å²) in [6, 6.07) is 0. The summed E-state index contributed by atoms with van der Waals surface area (Å²) >= 11 is 0. The molecule has 18 heavy (non-hydrogen) atoms. The highest BCUT2D eigenvalue weighted by atomic mass is 16.5. The van der Waals surface area contributed by atoms with Gasteiger partial charge in [-0.1, -0.05) is 41.0 Å². The first-order valence-electron chi connectivity index (χ1n) is 6.47. The first kappa shape index (κ1) is 16.7. The Balaban J connectivity index is 5.20. The van der Waals surface area contributed by atoms with Gasteiger partial charge in [0.05, 0.1) is 17.8 Å². The Hall–Kier alpha value is -1.32. The number of hydrogen-bond donors (Lipinski definition) is 1. The molecule has 4 heteroatoms. The third-order valence-corrected chi connectivity index (χ3v) is 2.63. The minimum atomic E-state index is -1.04. The lowest BCUT2D eigenvalue weighted by Crippen LogP contribution is -2.21. The van der Waals surface area contributed by atoms with Gasteiger partial charge in [-0.05, 0) is 18.3 Å². The van der Waals surface area contributed by atoms with Crippen LogP contribution in [0, 0.1) is 11.8 Å². The Bertz CT molecular complexity index is 327. The zero-order valence-electron chi connectivity index (χ0n) is 11.9. The molecular weight excluding hydrogens is 232 g/mol. The summed E-state index contributed by atoms with van der Waals surface area (Å²) in [5.41, 5.74) is 0.445. The Morgan fingerprint density at radius 1 is 1.06 bits per heavy atom. The van der Waals surface area contributed by atoms with Crippen molar-refractivity contribution in [1.29, 1.82) is 0 Å². The van der Waals surface area contributed by atoms with Gasteiger partial charge in [0.2, 0.25) is 0 Å². The number of carbonyl (C=O) groups is 2. The maximum absolute atomic E-state index is 12.0. The second-order valence-electron chi connectivity index (χ2n) is 4.93. The van der Waals surface area contributed by atoms with Gasteiger partial charge in [0.15, 0.2) is 0 Å². The molecule has 0 aliphatic heterocycles. The van der Waals surface area contributed by atoms with E-state index in [9.17, 15) is 14.7 Å².